The van der Waals surface area contributed by atoms with Crippen molar-refractivity contribution < 1.29 is 5.11 Å². The summed E-state index contributed by atoms with van der Waals surface area (Å²) in [5, 5.41) is 21.9. The molecular weight excluding hydrogens is 344 g/mol. The van der Waals surface area contributed by atoms with Crippen molar-refractivity contribution in [1.29, 1.82) is 5.26 Å². The number of thiophene rings is 1. The lowest BCUT2D eigenvalue weighted by atomic mass is 9.97. The molecule has 0 aliphatic rings. The highest BCUT2D eigenvalue weighted by Gasteiger charge is 2.17. The molecule has 2 aromatic heterocycles. The van der Waals surface area contributed by atoms with Crippen LogP contribution >= 0.6 is 11.3 Å². The van der Waals surface area contributed by atoms with Gasteiger partial charge < -0.3 is 10.1 Å². The van der Waals surface area contributed by atoms with Crippen molar-refractivity contribution >= 4 is 21.6 Å². The highest BCUT2D eigenvalue weighted by molar-refractivity contribution is 7.17. The van der Waals surface area contributed by atoms with Gasteiger partial charge in [-0.05, 0) is 29.2 Å². The fourth-order valence-corrected chi connectivity index (χ4v) is 4.09. The van der Waals surface area contributed by atoms with Crippen LogP contribution in [0.2, 0.25) is 0 Å². The molecule has 4 rings (SSSR count). The number of nitrogens with one attached hydrogen (secondary N) is 1. The number of hydrogen-bond donors (Lipinski definition) is 2. The van der Waals surface area contributed by atoms with E-state index in [1.54, 1.807) is 6.07 Å². The summed E-state index contributed by atoms with van der Waals surface area (Å²) < 4.78 is 0. The molecule has 0 saturated heterocycles. The van der Waals surface area contributed by atoms with Gasteiger partial charge in [-0.3, -0.25) is 4.79 Å². The normalized spacial score (nSPS) is 10.8. The Labute approximate surface area is 153 Å². The Morgan fingerprint density at radius 1 is 1.04 bits per heavy atom. The summed E-state index contributed by atoms with van der Waals surface area (Å²) in [5.74, 6) is -0.259. The Bertz CT molecular complexity index is 1230. The van der Waals surface area contributed by atoms with Crippen molar-refractivity contribution in [2.75, 3.05) is 0 Å². The molecule has 0 unspecified atom stereocenters. The second kappa shape index (κ2) is 6.17. The van der Waals surface area contributed by atoms with E-state index in [0.29, 0.717) is 10.2 Å². The van der Waals surface area contributed by atoms with Crippen LogP contribution in [0.3, 0.4) is 0 Å². The molecule has 4 nitrogen and oxygen atoms in total. The topological polar surface area (TPSA) is 76.9 Å². The Morgan fingerprint density at radius 3 is 2.35 bits per heavy atom. The number of aromatic hydroxyl groups is 1. The van der Waals surface area contributed by atoms with E-state index in [-0.39, 0.29) is 11.3 Å². The average molecular weight is 358 g/mol. The van der Waals surface area contributed by atoms with Crippen LogP contribution in [0.15, 0.2) is 58.7 Å². The molecule has 0 atom stereocenters. The van der Waals surface area contributed by atoms with E-state index in [9.17, 15) is 9.90 Å². The third-order valence-corrected chi connectivity index (χ3v) is 5.38. The Hall–Kier alpha value is -3.36. The molecule has 0 aliphatic heterocycles. The van der Waals surface area contributed by atoms with Crippen molar-refractivity contribution in [3.8, 4) is 34.1 Å². The van der Waals surface area contributed by atoms with Crippen LogP contribution in [0.1, 0.15) is 11.1 Å². The molecule has 2 aromatic carbocycles. The number of pyridine rings is 1. The van der Waals surface area contributed by atoms with Crippen LogP contribution in [0.25, 0.3) is 32.5 Å². The minimum absolute atomic E-state index is 0.256. The van der Waals surface area contributed by atoms with Crippen LogP contribution in [0.4, 0.5) is 0 Å². The molecule has 0 spiro atoms. The number of hydrogen-bond acceptors (Lipinski definition) is 4. The van der Waals surface area contributed by atoms with Gasteiger partial charge in [0.05, 0.1) is 5.39 Å². The van der Waals surface area contributed by atoms with Gasteiger partial charge in [0, 0.05) is 10.9 Å². The van der Waals surface area contributed by atoms with Crippen molar-refractivity contribution in [3.05, 3.63) is 75.4 Å². The van der Waals surface area contributed by atoms with Gasteiger partial charge in [0.15, 0.2) is 5.56 Å². The zero-order chi connectivity index (χ0) is 18.3. The van der Waals surface area contributed by atoms with Crippen molar-refractivity contribution in [2.45, 2.75) is 6.92 Å². The average Bonchev–Trinajstić information content (AvgIpc) is 3.06. The first-order valence-corrected chi connectivity index (χ1v) is 8.91. The van der Waals surface area contributed by atoms with E-state index in [0.717, 1.165) is 16.7 Å². The summed E-state index contributed by atoms with van der Waals surface area (Å²) in [6, 6.07) is 18.0. The number of nitriles is 1. The molecule has 0 bridgehead atoms. The second-order valence-electron chi connectivity index (χ2n) is 6.04. The van der Waals surface area contributed by atoms with Gasteiger partial charge in [-0.2, -0.15) is 5.26 Å². The highest BCUT2D eigenvalue weighted by atomic mass is 32.1. The molecule has 0 aliphatic carbocycles. The quantitative estimate of drug-likeness (QED) is 0.540. The number of nitrogens with zero attached hydrogens (tertiary/aromatic N) is 1. The van der Waals surface area contributed by atoms with Gasteiger partial charge >= 0.3 is 0 Å². The van der Waals surface area contributed by atoms with E-state index in [1.165, 1.54) is 22.5 Å². The summed E-state index contributed by atoms with van der Waals surface area (Å²) in [5.41, 5.74) is 4.38. The Kier molecular flexibility index (Phi) is 3.83. The molecule has 2 N–H and O–H groups in total. The van der Waals surface area contributed by atoms with Crippen LogP contribution in [0, 0.1) is 18.3 Å². The number of fused-ring (bicyclic) bond motifs is 1. The first kappa shape index (κ1) is 16.1. The second-order valence-corrected chi connectivity index (χ2v) is 6.91. The van der Waals surface area contributed by atoms with E-state index >= 15 is 0 Å². The first-order chi connectivity index (χ1) is 12.6. The maximum absolute atomic E-state index is 11.8. The summed E-state index contributed by atoms with van der Waals surface area (Å²) in [6.07, 6.45) is 0. The number of aromatic nitrogens is 1. The smallest absolute Gasteiger partial charge is 0.270 e. The Morgan fingerprint density at radius 2 is 1.69 bits per heavy atom. The molecular formula is C21H14N2O2S. The predicted octanol–water partition coefficient (Wildman–Crippen LogP) is 4.81. The van der Waals surface area contributed by atoms with E-state index in [1.807, 2.05) is 41.8 Å². The minimum Gasteiger partial charge on any atom is -0.506 e. The Balaban J connectivity index is 1.86. The molecule has 0 amide bonds. The first-order valence-electron chi connectivity index (χ1n) is 8.03. The predicted molar refractivity (Wildman–Crippen MR) is 104 cm³/mol. The van der Waals surface area contributed by atoms with E-state index < -0.39 is 5.56 Å². The number of aryl methyl sites for hydroxylation is 1. The molecule has 126 valence electrons. The van der Waals surface area contributed by atoms with Gasteiger partial charge in [0.2, 0.25) is 0 Å². The zero-order valence-electron chi connectivity index (χ0n) is 13.9. The van der Waals surface area contributed by atoms with Gasteiger partial charge in [0.1, 0.15) is 16.6 Å². The molecule has 26 heavy (non-hydrogen) atoms. The molecule has 0 fully saturated rings. The number of rotatable bonds is 2. The third kappa shape index (κ3) is 2.48. The van der Waals surface area contributed by atoms with Crippen LogP contribution in [0.5, 0.6) is 5.75 Å². The van der Waals surface area contributed by atoms with Gasteiger partial charge in [-0.25, -0.2) is 0 Å². The summed E-state index contributed by atoms with van der Waals surface area (Å²) >= 11 is 1.33. The fourth-order valence-electron chi connectivity index (χ4n) is 3.13. The number of aromatic amines is 1. The van der Waals surface area contributed by atoms with Crippen LogP contribution in [-0.4, -0.2) is 10.1 Å². The number of H-pyrrole nitrogens is 1. The van der Waals surface area contributed by atoms with Gasteiger partial charge in [-0.1, -0.05) is 48.5 Å². The van der Waals surface area contributed by atoms with E-state index in [2.05, 4.69) is 24.0 Å². The zero-order valence-corrected chi connectivity index (χ0v) is 14.7. The molecule has 4 aromatic rings. The molecule has 0 radical (unpaired) electrons. The van der Waals surface area contributed by atoms with Crippen molar-refractivity contribution in [3.63, 3.8) is 0 Å². The third-order valence-electron chi connectivity index (χ3n) is 4.48. The minimum atomic E-state index is -0.569. The maximum atomic E-state index is 11.8. The highest BCUT2D eigenvalue weighted by Crippen LogP contribution is 2.39. The van der Waals surface area contributed by atoms with Crippen LogP contribution < -0.4 is 5.56 Å². The maximum Gasteiger partial charge on any atom is 0.270 e. The van der Waals surface area contributed by atoms with Crippen LogP contribution in [-0.2, 0) is 0 Å². The number of benzene rings is 2. The lowest BCUT2D eigenvalue weighted by molar-refractivity contribution is 0.479. The summed E-state index contributed by atoms with van der Waals surface area (Å²) in [6.45, 7) is 2.08. The summed E-state index contributed by atoms with van der Waals surface area (Å²) in [7, 11) is 0. The van der Waals surface area contributed by atoms with Crippen molar-refractivity contribution in [2.24, 2.45) is 0 Å². The SMILES string of the molecule is Cc1ccccc1-c1ccc(-c2csc3[nH]c(=O)c(C#N)c(O)c23)cc1. The van der Waals surface area contributed by atoms with E-state index in [4.69, 9.17) is 5.26 Å². The lowest BCUT2D eigenvalue weighted by Crippen LogP contribution is -2.09. The van der Waals surface area contributed by atoms with Gasteiger partial charge in [0.25, 0.3) is 5.56 Å². The van der Waals surface area contributed by atoms with Crippen molar-refractivity contribution in [1.82, 2.24) is 4.98 Å². The molecule has 0 saturated carbocycles. The monoisotopic (exact) mass is 358 g/mol. The largest absolute Gasteiger partial charge is 0.506 e. The fraction of sp³-hybridized carbons (Fsp3) is 0.0476. The summed E-state index contributed by atoms with van der Waals surface area (Å²) in [4.78, 5) is 15.1. The lowest BCUT2D eigenvalue weighted by Gasteiger charge is -2.07. The molecule has 2 heterocycles. The molecule has 5 heteroatoms. The standard InChI is InChI=1S/C21H14N2O2S/c1-12-4-2-3-5-15(12)13-6-8-14(9-7-13)17-11-26-21-18(17)19(24)16(10-22)20(25)23-21/h2-9,11H,1H3,(H2,23,24,25). The van der Waals surface area contributed by atoms with Gasteiger partial charge in [-0.15, -0.1) is 11.3 Å².